The monoisotopic (exact) mass is 1700 g/mol. The van der Waals surface area contributed by atoms with Crippen molar-refractivity contribution < 1.29 is 4.42 Å². The van der Waals surface area contributed by atoms with Crippen LogP contribution in [0.2, 0.25) is 0 Å². The van der Waals surface area contributed by atoms with Crippen LogP contribution < -0.4 is 0 Å². The van der Waals surface area contributed by atoms with Crippen molar-refractivity contribution in [3.8, 4) is 142 Å². The number of furan rings is 1. The maximum absolute atomic E-state index is 6.47. The Bertz CT molecular complexity index is 8470. The number of nitrogens with zero attached hydrogens (tertiary/aromatic N) is 11. The summed E-state index contributed by atoms with van der Waals surface area (Å²) in [5.74, 6) is 3.86. The van der Waals surface area contributed by atoms with Gasteiger partial charge in [-0.3, -0.25) is 9.13 Å². The van der Waals surface area contributed by atoms with Crippen molar-refractivity contribution in [3.63, 3.8) is 0 Å². The second-order valence-corrected chi connectivity index (χ2v) is 34.1. The molecule has 626 valence electrons. The maximum Gasteiger partial charge on any atom is 0.235 e. The first-order chi connectivity index (χ1) is 65.7. The Kier molecular flexibility index (Phi) is 19.6. The van der Waals surface area contributed by atoms with Gasteiger partial charge in [-0.25, -0.2) is 39.9 Å². The zero-order chi connectivity index (χ0) is 88.5. The highest BCUT2D eigenvalue weighted by atomic mass is 16.3. The summed E-state index contributed by atoms with van der Waals surface area (Å²) in [6.07, 6.45) is 0. The van der Waals surface area contributed by atoms with Crippen molar-refractivity contribution in [2.24, 2.45) is 0 Å². The van der Waals surface area contributed by atoms with Crippen LogP contribution in [0.5, 0.6) is 0 Å². The van der Waals surface area contributed by atoms with Gasteiger partial charge in [0.1, 0.15) is 22.7 Å². The predicted octanol–water partition coefficient (Wildman–Crippen LogP) is 30.4. The fourth-order valence-electron chi connectivity index (χ4n) is 19.3. The second kappa shape index (κ2) is 33.2. The predicted molar refractivity (Wildman–Crippen MR) is 544 cm³/mol. The van der Waals surface area contributed by atoms with Crippen molar-refractivity contribution in [3.05, 3.63) is 466 Å². The van der Waals surface area contributed by atoms with Crippen molar-refractivity contribution >= 4 is 87.4 Å². The number of para-hydroxylation sites is 5. The summed E-state index contributed by atoms with van der Waals surface area (Å²) in [5.41, 5.74) is 31.0. The molecule has 1 aliphatic rings. The molecule has 0 atom stereocenters. The quantitative estimate of drug-likeness (QED) is 0.111. The van der Waals surface area contributed by atoms with Crippen LogP contribution >= 0.6 is 0 Å². The fourth-order valence-corrected chi connectivity index (χ4v) is 19.3. The Balaban J connectivity index is 0.000000110. The first-order valence-electron chi connectivity index (χ1n) is 44.9. The van der Waals surface area contributed by atoms with Crippen molar-refractivity contribution in [1.82, 2.24) is 53.6 Å². The minimum absolute atomic E-state index is 0.0666. The molecule has 0 amide bonds. The Labute approximate surface area is 767 Å². The molecule has 0 saturated heterocycles. The summed E-state index contributed by atoms with van der Waals surface area (Å²) in [5, 5.41) is 9.30. The lowest BCUT2D eigenvalue weighted by atomic mass is 9.82. The Morgan fingerprint density at radius 2 is 0.602 bits per heavy atom. The summed E-state index contributed by atoms with van der Waals surface area (Å²) >= 11 is 0. The highest BCUT2D eigenvalue weighted by molar-refractivity contribution is 6.24. The number of aromatic nitrogens is 11. The zero-order valence-corrected chi connectivity index (χ0v) is 72.6. The van der Waals surface area contributed by atoms with E-state index in [-0.39, 0.29) is 5.41 Å². The SMILES string of the molecule is CC1(C)c2ccccc2-c2cc3c4ccccc4n(-c4ccc(-c5nc(-c6ccccc6)cc(-c6ccccc6)n5)cc4)c3cc21.c1ccc(-c2ccc(-c3cc(-c4ccc(-c5ccccc5)cc4)nc(-n4c5ccccc5c5ccccc54)n3)cc2)cc1.c1ccc(-c2nc(-c3ccccc3)nc(-c3cccc(-n4c5ccccc5c5c6oc7ccccc7c6ccc54)n3)n2)cc1. The summed E-state index contributed by atoms with van der Waals surface area (Å²) in [7, 11) is 0. The highest BCUT2D eigenvalue weighted by Crippen LogP contribution is 2.52. The molecule has 0 radical (unpaired) electrons. The van der Waals surface area contributed by atoms with E-state index in [1.54, 1.807) is 0 Å². The smallest absolute Gasteiger partial charge is 0.235 e. The lowest BCUT2D eigenvalue weighted by Crippen LogP contribution is -2.14. The van der Waals surface area contributed by atoms with E-state index in [0.717, 1.165) is 128 Å². The van der Waals surface area contributed by atoms with Crippen LogP contribution in [0.3, 0.4) is 0 Å². The normalized spacial score (nSPS) is 12.0. The maximum atomic E-state index is 6.47. The summed E-state index contributed by atoms with van der Waals surface area (Å²) in [6.45, 7) is 4.69. The minimum atomic E-state index is -0.0666. The molecule has 0 unspecified atom stereocenters. The average Bonchev–Trinajstić information content (AvgIpc) is 1.36. The van der Waals surface area contributed by atoms with E-state index in [9.17, 15) is 0 Å². The first-order valence-corrected chi connectivity index (χ1v) is 44.9. The standard InChI is InChI=1S/C43H31N3.C40H27N3.C38H23N5O/c1-43(2)36-19-11-9-17-32(36)34-25-35-33-18-10-12-20-40(33)46(41(35)26-37(34)43)31-23-21-30(22-24-31)42-44-38(28-13-5-3-6-14-28)27-39(45-42)29-15-7-4-8-16-29;1-3-11-28(12-4-1)30-19-23-32(24-20-30)36-27-37(33-25-21-31(22-26-33)29-13-5-2-6-14-29)42-40(41-36)43-38-17-9-7-15-34(38)35-16-8-10-18-39(35)43;1-3-12-24(13-4-1)36-40-37(25-14-5-2-6-15-25)42-38(41-36)29-18-11-21-33(39-29)43-30-19-9-7-17-28(30)34-31(43)23-22-27-26-16-8-10-20-32(26)44-35(27)34/h3-27H,1-2H3;1-27H;1-23H. The van der Waals surface area contributed by atoms with Gasteiger partial charge >= 0.3 is 0 Å². The molecule has 12 heteroatoms. The summed E-state index contributed by atoms with van der Waals surface area (Å²) in [4.78, 5) is 40.3. The molecule has 12 nitrogen and oxygen atoms in total. The van der Waals surface area contributed by atoms with E-state index in [2.05, 4.69) is 361 Å². The van der Waals surface area contributed by atoms with Crippen LogP contribution in [0, 0.1) is 0 Å². The third-order valence-electron chi connectivity index (χ3n) is 25.8. The van der Waals surface area contributed by atoms with Gasteiger partial charge in [-0.1, -0.05) is 366 Å². The first kappa shape index (κ1) is 78.7. The van der Waals surface area contributed by atoms with E-state index >= 15 is 0 Å². The van der Waals surface area contributed by atoms with Gasteiger partial charge in [0.15, 0.2) is 23.3 Å². The number of hydrogen-bond acceptors (Lipinski definition) is 9. The fraction of sp³-hybridized carbons (Fsp3) is 0.0248. The van der Waals surface area contributed by atoms with Gasteiger partial charge in [-0.2, -0.15) is 0 Å². The van der Waals surface area contributed by atoms with Crippen LogP contribution in [-0.2, 0) is 5.41 Å². The van der Waals surface area contributed by atoms with E-state index in [1.165, 1.54) is 77.1 Å². The van der Waals surface area contributed by atoms with Gasteiger partial charge in [0.25, 0.3) is 0 Å². The molecule has 1 aliphatic carbocycles. The molecule has 0 spiro atoms. The van der Waals surface area contributed by atoms with Crippen molar-refractivity contribution in [1.29, 1.82) is 0 Å². The lowest BCUT2D eigenvalue weighted by Gasteiger charge is -2.21. The van der Waals surface area contributed by atoms with E-state index in [1.807, 2.05) is 121 Å². The zero-order valence-electron chi connectivity index (χ0n) is 72.6. The molecule has 0 fully saturated rings. The van der Waals surface area contributed by atoms with Gasteiger partial charge in [0.05, 0.1) is 61.3 Å². The van der Waals surface area contributed by atoms with Gasteiger partial charge in [0, 0.05) is 87.8 Å². The Morgan fingerprint density at radius 3 is 1.14 bits per heavy atom. The third kappa shape index (κ3) is 14.3. The largest absolute Gasteiger partial charge is 0.455 e. The van der Waals surface area contributed by atoms with Crippen molar-refractivity contribution in [2.45, 2.75) is 19.3 Å². The van der Waals surface area contributed by atoms with Gasteiger partial charge in [-0.15, -0.1) is 0 Å². The molecule has 133 heavy (non-hydrogen) atoms. The van der Waals surface area contributed by atoms with E-state index < -0.39 is 0 Å². The molecule has 0 aliphatic heterocycles. The molecule has 8 aromatic heterocycles. The van der Waals surface area contributed by atoms with Crippen LogP contribution in [-0.4, -0.2) is 53.6 Å². The molecule has 17 aromatic carbocycles. The molecule has 26 rings (SSSR count). The lowest BCUT2D eigenvalue weighted by molar-refractivity contribution is 0.661. The number of pyridine rings is 1. The summed E-state index contributed by atoms with van der Waals surface area (Å²) in [6, 6.07) is 158. The summed E-state index contributed by atoms with van der Waals surface area (Å²) < 4.78 is 13.3. The van der Waals surface area contributed by atoms with Gasteiger partial charge in [-0.05, 0) is 148 Å². The average molecular weight is 1710 g/mol. The van der Waals surface area contributed by atoms with Gasteiger partial charge < -0.3 is 8.98 Å². The molecular formula is C121H81N11O. The van der Waals surface area contributed by atoms with Crippen LogP contribution in [0.25, 0.3) is 229 Å². The molecule has 8 heterocycles. The van der Waals surface area contributed by atoms with Gasteiger partial charge in [0.2, 0.25) is 5.95 Å². The Morgan fingerprint density at radius 1 is 0.211 bits per heavy atom. The van der Waals surface area contributed by atoms with Crippen molar-refractivity contribution in [2.75, 3.05) is 0 Å². The minimum Gasteiger partial charge on any atom is -0.455 e. The van der Waals surface area contributed by atoms with Crippen LogP contribution in [0.1, 0.15) is 25.0 Å². The number of rotatable bonds is 13. The molecule has 0 bridgehead atoms. The second-order valence-electron chi connectivity index (χ2n) is 34.1. The van der Waals surface area contributed by atoms with E-state index in [4.69, 9.17) is 44.3 Å². The molecular weight excluding hydrogens is 1620 g/mol. The number of fused-ring (bicyclic) bond motifs is 16. The number of benzene rings is 17. The third-order valence-corrected chi connectivity index (χ3v) is 25.8. The van der Waals surface area contributed by atoms with Crippen LogP contribution in [0.4, 0.5) is 0 Å². The molecule has 0 N–H and O–H groups in total. The number of hydrogen-bond donors (Lipinski definition) is 0. The highest BCUT2D eigenvalue weighted by Gasteiger charge is 2.36. The van der Waals surface area contributed by atoms with E-state index in [0.29, 0.717) is 34.9 Å². The molecule has 0 saturated carbocycles. The Hall–Kier alpha value is -17.7. The van der Waals surface area contributed by atoms with Crippen LogP contribution in [0.15, 0.2) is 459 Å². The molecule has 25 aromatic rings. The topological polar surface area (TPSA) is 131 Å².